The van der Waals surface area contributed by atoms with E-state index >= 15 is 0 Å². The lowest BCUT2D eigenvalue weighted by atomic mass is 10.1. The zero-order chi connectivity index (χ0) is 16.0. The quantitative estimate of drug-likeness (QED) is 0.693. The molecule has 23 heavy (non-hydrogen) atoms. The van der Waals surface area contributed by atoms with E-state index < -0.39 is 17.7 Å². The third-order valence-corrected chi connectivity index (χ3v) is 3.88. The number of hydrogen-bond donors (Lipinski definition) is 0. The molecule has 0 saturated heterocycles. The van der Waals surface area contributed by atoms with Crippen LogP contribution in [-0.2, 0) is 0 Å². The SMILES string of the molecule is Cc1nnc2n1[C@H](c1ccc(F)cc1F)COc1cccnc1-2. The average Bonchev–Trinajstić information content (AvgIpc) is 2.83. The van der Waals surface area contributed by atoms with Crippen molar-refractivity contribution >= 4 is 0 Å². The van der Waals surface area contributed by atoms with Crippen LogP contribution in [-0.4, -0.2) is 26.4 Å². The van der Waals surface area contributed by atoms with E-state index in [0.29, 0.717) is 28.7 Å². The van der Waals surface area contributed by atoms with Gasteiger partial charge >= 0.3 is 0 Å². The maximum absolute atomic E-state index is 14.3. The van der Waals surface area contributed by atoms with Gasteiger partial charge in [0.1, 0.15) is 35.5 Å². The average molecular weight is 314 g/mol. The van der Waals surface area contributed by atoms with Crippen molar-refractivity contribution in [3.63, 3.8) is 0 Å². The van der Waals surface area contributed by atoms with Gasteiger partial charge in [0.15, 0.2) is 5.82 Å². The van der Waals surface area contributed by atoms with Crippen molar-refractivity contribution in [2.75, 3.05) is 6.61 Å². The van der Waals surface area contributed by atoms with Crippen molar-refractivity contribution in [3.05, 3.63) is 59.6 Å². The molecule has 0 fully saturated rings. The highest BCUT2D eigenvalue weighted by atomic mass is 19.1. The number of aromatic nitrogens is 4. The van der Waals surface area contributed by atoms with Crippen LogP contribution in [0.25, 0.3) is 11.5 Å². The summed E-state index contributed by atoms with van der Waals surface area (Å²) in [5, 5.41) is 8.24. The molecule has 1 atom stereocenters. The van der Waals surface area contributed by atoms with Crippen LogP contribution in [0.15, 0.2) is 36.5 Å². The molecule has 116 valence electrons. The minimum absolute atomic E-state index is 0.174. The Labute approximate surface area is 130 Å². The lowest BCUT2D eigenvalue weighted by molar-refractivity contribution is 0.274. The van der Waals surface area contributed by atoms with E-state index in [9.17, 15) is 8.78 Å². The first-order valence-electron chi connectivity index (χ1n) is 7.10. The molecule has 5 nitrogen and oxygen atoms in total. The minimum atomic E-state index is -0.628. The zero-order valence-corrected chi connectivity index (χ0v) is 12.2. The van der Waals surface area contributed by atoms with E-state index in [1.54, 1.807) is 29.8 Å². The highest BCUT2D eigenvalue weighted by molar-refractivity contribution is 5.60. The van der Waals surface area contributed by atoms with E-state index in [0.717, 1.165) is 6.07 Å². The first kappa shape index (κ1) is 13.8. The van der Waals surface area contributed by atoms with Crippen LogP contribution in [0.3, 0.4) is 0 Å². The third kappa shape index (κ3) is 2.16. The Balaban J connectivity index is 1.92. The predicted molar refractivity (Wildman–Crippen MR) is 78.0 cm³/mol. The Bertz CT molecular complexity index is 894. The Morgan fingerprint density at radius 2 is 2.09 bits per heavy atom. The minimum Gasteiger partial charge on any atom is -0.489 e. The van der Waals surface area contributed by atoms with Gasteiger partial charge in [-0.25, -0.2) is 13.8 Å². The number of rotatable bonds is 1. The largest absolute Gasteiger partial charge is 0.489 e. The first-order valence-corrected chi connectivity index (χ1v) is 7.10. The molecule has 7 heteroatoms. The lowest BCUT2D eigenvalue weighted by Gasteiger charge is -2.19. The second-order valence-electron chi connectivity index (χ2n) is 5.28. The van der Waals surface area contributed by atoms with Gasteiger partial charge in [-0.05, 0) is 25.1 Å². The molecule has 0 saturated carbocycles. The molecular weight excluding hydrogens is 302 g/mol. The monoisotopic (exact) mass is 314 g/mol. The fourth-order valence-electron chi connectivity index (χ4n) is 2.82. The van der Waals surface area contributed by atoms with Crippen LogP contribution < -0.4 is 4.74 Å². The van der Waals surface area contributed by atoms with Crippen molar-refractivity contribution in [1.29, 1.82) is 0 Å². The lowest BCUT2D eigenvalue weighted by Crippen LogP contribution is -2.20. The van der Waals surface area contributed by atoms with E-state index in [1.165, 1.54) is 12.1 Å². The Morgan fingerprint density at radius 1 is 1.22 bits per heavy atom. The number of nitrogens with zero attached hydrogens (tertiary/aromatic N) is 4. The number of ether oxygens (including phenoxy) is 1. The van der Waals surface area contributed by atoms with Crippen molar-refractivity contribution in [3.8, 4) is 17.3 Å². The third-order valence-electron chi connectivity index (χ3n) is 3.88. The molecule has 0 bridgehead atoms. The van der Waals surface area contributed by atoms with Gasteiger partial charge in [-0.3, -0.25) is 4.57 Å². The predicted octanol–water partition coefficient (Wildman–Crippen LogP) is 2.91. The molecule has 0 N–H and O–H groups in total. The van der Waals surface area contributed by atoms with Gasteiger partial charge in [0, 0.05) is 17.8 Å². The molecular formula is C16H12F2N4O. The molecule has 0 radical (unpaired) electrons. The molecule has 1 aliphatic rings. The molecule has 3 heterocycles. The Kier molecular flexibility index (Phi) is 3.07. The van der Waals surface area contributed by atoms with E-state index in [2.05, 4.69) is 15.2 Å². The number of pyridine rings is 1. The fraction of sp³-hybridized carbons (Fsp3) is 0.188. The second kappa shape index (κ2) is 5.12. The summed E-state index contributed by atoms with van der Waals surface area (Å²) in [6.07, 6.45) is 1.63. The fourth-order valence-corrected chi connectivity index (χ4v) is 2.82. The van der Waals surface area contributed by atoms with E-state index in [1.807, 2.05) is 0 Å². The molecule has 0 unspecified atom stereocenters. The Hall–Kier alpha value is -2.83. The number of benzene rings is 1. The molecule has 0 amide bonds. The highest BCUT2D eigenvalue weighted by Gasteiger charge is 2.29. The summed E-state index contributed by atoms with van der Waals surface area (Å²) < 4.78 is 35.0. The van der Waals surface area contributed by atoms with Crippen LogP contribution >= 0.6 is 0 Å². The van der Waals surface area contributed by atoms with Crippen LogP contribution in [0, 0.1) is 18.6 Å². The maximum atomic E-state index is 14.3. The summed E-state index contributed by atoms with van der Waals surface area (Å²) in [5.41, 5.74) is 0.876. The van der Waals surface area contributed by atoms with Crippen molar-refractivity contribution < 1.29 is 13.5 Å². The van der Waals surface area contributed by atoms with Gasteiger partial charge in [-0.1, -0.05) is 6.07 Å². The molecule has 1 aliphatic heterocycles. The molecule has 0 spiro atoms. The van der Waals surface area contributed by atoms with Crippen molar-refractivity contribution in [2.24, 2.45) is 0 Å². The molecule has 4 rings (SSSR count). The standard InChI is InChI=1S/C16H12F2N4O/c1-9-20-21-16-15-14(3-2-6-19-15)23-8-13(22(9)16)11-5-4-10(17)7-12(11)18/h2-7,13H,8H2,1H3/t13-/m0/s1. The smallest absolute Gasteiger partial charge is 0.187 e. The Morgan fingerprint density at radius 3 is 2.91 bits per heavy atom. The summed E-state index contributed by atoms with van der Waals surface area (Å²) in [4.78, 5) is 4.30. The van der Waals surface area contributed by atoms with Gasteiger partial charge < -0.3 is 4.74 Å². The number of aryl methyl sites for hydroxylation is 1. The zero-order valence-electron chi connectivity index (χ0n) is 12.2. The van der Waals surface area contributed by atoms with E-state index in [-0.39, 0.29) is 6.61 Å². The summed E-state index contributed by atoms with van der Waals surface area (Å²) in [6.45, 7) is 1.95. The summed E-state index contributed by atoms with van der Waals surface area (Å²) >= 11 is 0. The number of fused-ring (bicyclic) bond motifs is 3. The second-order valence-corrected chi connectivity index (χ2v) is 5.28. The molecule has 1 aromatic carbocycles. The summed E-state index contributed by atoms with van der Waals surface area (Å²) in [6, 6.07) is 6.55. The van der Waals surface area contributed by atoms with Gasteiger partial charge in [0.05, 0.1) is 6.04 Å². The van der Waals surface area contributed by atoms with Crippen molar-refractivity contribution in [2.45, 2.75) is 13.0 Å². The van der Waals surface area contributed by atoms with Crippen molar-refractivity contribution in [1.82, 2.24) is 19.7 Å². The molecule has 3 aromatic rings. The first-order chi connectivity index (χ1) is 11.1. The molecule has 0 aliphatic carbocycles. The number of hydrogen-bond acceptors (Lipinski definition) is 4. The van der Waals surface area contributed by atoms with Crippen LogP contribution in [0.2, 0.25) is 0 Å². The highest BCUT2D eigenvalue weighted by Crippen LogP contribution is 2.35. The van der Waals surface area contributed by atoms with Gasteiger partial charge in [-0.2, -0.15) is 0 Å². The normalized spacial score (nSPS) is 16.2. The van der Waals surface area contributed by atoms with E-state index in [4.69, 9.17) is 4.74 Å². The van der Waals surface area contributed by atoms with Crippen LogP contribution in [0.5, 0.6) is 5.75 Å². The topological polar surface area (TPSA) is 52.8 Å². The van der Waals surface area contributed by atoms with Crippen LogP contribution in [0.4, 0.5) is 8.78 Å². The van der Waals surface area contributed by atoms with Gasteiger partial charge in [0.2, 0.25) is 0 Å². The number of halogens is 2. The van der Waals surface area contributed by atoms with Gasteiger partial charge in [0.25, 0.3) is 0 Å². The maximum Gasteiger partial charge on any atom is 0.187 e. The van der Waals surface area contributed by atoms with Crippen LogP contribution in [0.1, 0.15) is 17.4 Å². The molecule has 2 aromatic heterocycles. The van der Waals surface area contributed by atoms with Gasteiger partial charge in [-0.15, -0.1) is 10.2 Å². The summed E-state index contributed by atoms with van der Waals surface area (Å²) in [5.74, 6) is 0.425. The summed E-state index contributed by atoms with van der Waals surface area (Å²) in [7, 11) is 0.